The fourth-order valence-corrected chi connectivity index (χ4v) is 4.53. The molecule has 8 heteroatoms. The van der Waals surface area contributed by atoms with Crippen LogP contribution in [0.5, 0.6) is 0 Å². The number of nitrogens with zero attached hydrogens (tertiary/aromatic N) is 4. The van der Waals surface area contributed by atoms with Crippen molar-refractivity contribution in [3.05, 3.63) is 35.7 Å². The Hall–Kier alpha value is -2.35. The third-order valence-electron chi connectivity index (χ3n) is 5.32. The van der Waals surface area contributed by atoms with Gasteiger partial charge in [-0.3, -0.25) is 14.2 Å². The summed E-state index contributed by atoms with van der Waals surface area (Å²) in [6, 6.07) is 8.29. The van der Waals surface area contributed by atoms with Crippen LogP contribution in [0.4, 0.5) is 0 Å². The Morgan fingerprint density at radius 1 is 1.13 bits per heavy atom. The zero-order valence-electron chi connectivity index (χ0n) is 18.0. The van der Waals surface area contributed by atoms with E-state index in [0.717, 1.165) is 28.8 Å². The molecule has 1 aromatic heterocycles. The lowest BCUT2D eigenvalue weighted by Crippen LogP contribution is -2.40. The Labute approximate surface area is 182 Å². The molecule has 1 amide bonds. The monoisotopic (exact) mass is 430 g/mol. The van der Waals surface area contributed by atoms with E-state index >= 15 is 0 Å². The number of hydrogen-bond acceptors (Lipinski definition) is 6. The fraction of sp³-hybridized carbons (Fsp3) is 0.545. The molecule has 1 fully saturated rings. The maximum atomic E-state index is 12.5. The molecule has 1 aliphatic heterocycles. The summed E-state index contributed by atoms with van der Waals surface area (Å²) in [5.41, 5.74) is 2.26. The van der Waals surface area contributed by atoms with Gasteiger partial charge in [0.1, 0.15) is 5.82 Å². The van der Waals surface area contributed by atoms with E-state index in [4.69, 9.17) is 4.74 Å². The van der Waals surface area contributed by atoms with Crippen molar-refractivity contribution in [3.63, 3.8) is 0 Å². The molecular formula is C22H30N4O3S. The summed E-state index contributed by atoms with van der Waals surface area (Å²) in [7, 11) is 0. The van der Waals surface area contributed by atoms with Crippen molar-refractivity contribution < 1.29 is 14.3 Å². The van der Waals surface area contributed by atoms with Gasteiger partial charge in [-0.25, -0.2) is 0 Å². The molecular weight excluding hydrogens is 400 g/mol. The summed E-state index contributed by atoms with van der Waals surface area (Å²) in [6.07, 6.45) is 2.67. The molecule has 0 saturated carbocycles. The van der Waals surface area contributed by atoms with Crippen molar-refractivity contribution in [1.82, 2.24) is 19.7 Å². The maximum Gasteiger partial charge on any atom is 0.309 e. The SMILES string of the molecule is CCOC(=O)C1CCN(C(=O)CCCSc2nnc(C)n2-c2ccc(C)cc2)CC1. The van der Waals surface area contributed by atoms with Gasteiger partial charge >= 0.3 is 5.97 Å². The highest BCUT2D eigenvalue weighted by Gasteiger charge is 2.27. The molecule has 1 aromatic carbocycles. The Kier molecular flexibility index (Phi) is 7.90. The first-order chi connectivity index (χ1) is 14.5. The van der Waals surface area contributed by atoms with Gasteiger partial charge in [0.05, 0.1) is 12.5 Å². The van der Waals surface area contributed by atoms with Gasteiger partial charge in [-0.2, -0.15) is 0 Å². The first-order valence-corrected chi connectivity index (χ1v) is 11.5. The van der Waals surface area contributed by atoms with E-state index in [0.29, 0.717) is 39.0 Å². The van der Waals surface area contributed by atoms with Crippen LogP contribution in [0.1, 0.15) is 44.0 Å². The predicted molar refractivity (Wildman–Crippen MR) is 117 cm³/mol. The van der Waals surface area contributed by atoms with Crippen LogP contribution in [-0.2, 0) is 14.3 Å². The normalized spacial score (nSPS) is 14.7. The Balaban J connectivity index is 1.44. The lowest BCUT2D eigenvalue weighted by Gasteiger charge is -2.31. The van der Waals surface area contributed by atoms with Crippen LogP contribution in [0, 0.1) is 19.8 Å². The average Bonchev–Trinajstić information content (AvgIpc) is 3.12. The molecule has 0 unspecified atom stereocenters. The van der Waals surface area contributed by atoms with Gasteiger partial charge in [-0.15, -0.1) is 10.2 Å². The number of carbonyl (C=O) groups is 2. The second kappa shape index (κ2) is 10.6. The van der Waals surface area contributed by atoms with Crippen LogP contribution < -0.4 is 0 Å². The van der Waals surface area contributed by atoms with Crippen molar-refractivity contribution >= 4 is 23.6 Å². The van der Waals surface area contributed by atoms with Crippen molar-refractivity contribution in [1.29, 1.82) is 0 Å². The predicted octanol–water partition coefficient (Wildman–Crippen LogP) is 3.56. The number of esters is 1. The molecule has 0 radical (unpaired) electrons. The lowest BCUT2D eigenvalue weighted by atomic mass is 9.97. The quantitative estimate of drug-likeness (QED) is 0.362. The third-order valence-corrected chi connectivity index (χ3v) is 6.34. The summed E-state index contributed by atoms with van der Waals surface area (Å²) in [6.45, 7) is 7.51. The lowest BCUT2D eigenvalue weighted by molar-refractivity contribution is -0.151. The van der Waals surface area contributed by atoms with E-state index in [2.05, 4.69) is 41.4 Å². The minimum atomic E-state index is -0.131. The van der Waals surface area contributed by atoms with Gasteiger partial charge in [0.25, 0.3) is 0 Å². The molecule has 0 spiro atoms. The van der Waals surface area contributed by atoms with Gasteiger partial charge in [0, 0.05) is 31.0 Å². The number of carbonyl (C=O) groups excluding carboxylic acids is 2. The number of thioether (sulfide) groups is 1. The first-order valence-electron chi connectivity index (χ1n) is 10.6. The fourth-order valence-electron chi connectivity index (χ4n) is 3.60. The van der Waals surface area contributed by atoms with Gasteiger partial charge < -0.3 is 9.64 Å². The molecule has 0 bridgehead atoms. The molecule has 30 heavy (non-hydrogen) atoms. The van der Waals surface area contributed by atoms with E-state index in [-0.39, 0.29) is 17.8 Å². The summed E-state index contributed by atoms with van der Waals surface area (Å²) in [5.74, 6) is 1.61. The Bertz CT molecular complexity index is 858. The number of piperidine rings is 1. The Morgan fingerprint density at radius 2 is 1.83 bits per heavy atom. The molecule has 0 aliphatic carbocycles. The van der Waals surface area contributed by atoms with Crippen LogP contribution in [0.2, 0.25) is 0 Å². The topological polar surface area (TPSA) is 77.3 Å². The van der Waals surface area contributed by atoms with Crippen molar-refractivity contribution in [2.24, 2.45) is 5.92 Å². The van der Waals surface area contributed by atoms with E-state index in [9.17, 15) is 9.59 Å². The number of ether oxygens (including phenoxy) is 1. The zero-order chi connectivity index (χ0) is 21.5. The van der Waals surface area contributed by atoms with E-state index in [1.165, 1.54) is 5.56 Å². The summed E-state index contributed by atoms with van der Waals surface area (Å²) >= 11 is 1.62. The molecule has 2 aromatic rings. The van der Waals surface area contributed by atoms with Crippen molar-refractivity contribution in [2.45, 2.75) is 51.6 Å². The number of benzene rings is 1. The molecule has 0 atom stereocenters. The molecule has 1 aliphatic rings. The van der Waals surface area contributed by atoms with Gasteiger partial charge in [0.2, 0.25) is 5.91 Å². The van der Waals surface area contributed by atoms with Crippen LogP contribution in [0.15, 0.2) is 29.4 Å². The van der Waals surface area contributed by atoms with Crippen LogP contribution in [-0.4, -0.2) is 57.0 Å². The maximum absolute atomic E-state index is 12.5. The number of aromatic nitrogens is 3. The van der Waals surface area contributed by atoms with Crippen molar-refractivity contribution in [3.8, 4) is 5.69 Å². The smallest absolute Gasteiger partial charge is 0.309 e. The summed E-state index contributed by atoms with van der Waals surface area (Å²) in [5, 5.41) is 9.36. The molecule has 1 saturated heterocycles. The van der Waals surface area contributed by atoms with E-state index in [1.807, 2.05) is 23.3 Å². The number of likely N-dealkylation sites (tertiary alicyclic amines) is 1. The Morgan fingerprint density at radius 3 is 2.50 bits per heavy atom. The molecule has 0 N–H and O–H groups in total. The number of hydrogen-bond donors (Lipinski definition) is 0. The highest BCUT2D eigenvalue weighted by Crippen LogP contribution is 2.24. The minimum absolute atomic E-state index is 0.0686. The highest BCUT2D eigenvalue weighted by molar-refractivity contribution is 7.99. The van der Waals surface area contributed by atoms with E-state index < -0.39 is 0 Å². The highest BCUT2D eigenvalue weighted by atomic mass is 32.2. The van der Waals surface area contributed by atoms with Gasteiger partial charge in [-0.05, 0) is 52.2 Å². The second-order valence-corrected chi connectivity index (χ2v) is 8.62. The second-order valence-electron chi connectivity index (χ2n) is 7.56. The minimum Gasteiger partial charge on any atom is -0.466 e. The molecule has 3 rings (SSSR count). The standard InChI is InChI=1S/C22H30N4O3S/c1-4-29-21(28)18-11-13-25(14-12-18)20(27)6-5-15-30-22-24-23-17(3)26(22)19-9-7-16(2)8-10-19/h7-10,18H,4-6,11-15H2,1-3H3. The molecule has 162 valence electrons. The molecule has 2 heterocycles. The average molecular weight is 431 g/mol. The number of rotatable bonds is 8. The van der Waals surface area contributed by atoms with E-state index in [1.54, 1.807) is 11.8 Å². The summed E-state index contributed by atoms with van der Waals surface area (Å²) < 4.78 is 7.14. The zero-order valence-corrected chi connectivity index (χ0v) is 18.8. The van der Waals surface area contributed by atoms with Crippen LogP contribution in [0.25, 0.3) is 5.69 Å². The summed E-state index contributed by atoms with van der Waals surface area (Å²) in [4.78, 5) is 26.2. The van der Waals surface area contributed by atoms with Gasteiger partial charge in [-0.1, -0.05) is 29.5 Å². The van der Waals surface area contributed by atoms with Crippen LogP contribution >= 0.6 is 11.8 Å². The largest absolute Gasteiger partial charge is 0.466 e. The number of amides is 1. The number of aryl methyl sites for hydroxylation is 2. The van der Waals surface area contributed by atoms with Gasteiger partial charge in [0.15, 0.2) is 5.16 Å². The third kappa shape index (κ3) is 5.62. The van der Waals surface area contributed by atoms with Crippen LogP contribution in [0.3, 0.4) is 0 Å². The van der Waals surface area contributed by atoms with Crippen molar-refractivity contribution in [2.75, 3.05) is 25.4 Å². The molecule has 7 nitrogen and oxygen atoms in total. The first kappa shape index (κ1) is 22.3.